The average Bonchev–Trinajstić information content (AvgIpc) is 2.26. The Morgan fingerprint density at radius 3 is 2.44 bits per heavy atom. The highest BCUT2D eigenvalue weighted by molar-refractivity contribution is 6.03. The molecule has 16 heavy (non-hydrogen) atoms. The zero-order chi connectivity index (χ0) is 12.3. The Labute approximate surface area is 95.1 Å². The smallest absolute Gasteiger partial charge is 0.167 e. The van der Waals surface area contributed by atoms with Crippen LogP contribution in [0.1, 0.15) is 33.4 Å². The van der Waals surface area contributed by atoms with Crippen molar-refractivity contribution in [2.75, 3.05) is 0 Å². The van der Waals surface area contributed by atoms with Crippen LogP contribution in [-0.4, -0.2) is 20.9 Å². The summed E-state index contributed by atoms with van der Waals surface area (Å²) in [6.45, 7) is 7.04. The molecule has 0 aliphatic rings. The zero-order valence-corrected chi connectivity index (χ0v) is 9.98. The van der Waals surface area contributed by atoms with Gasteiger partial charge in [-0.3, -0.25) is 4.79 Å². The summed E-state index contributed by atoms with van der Waals surface area (Å²) in [5.74, 6) is -0.175. The van der Waals surface area contributed by atoms with Crippen LogP contribution in [0.25, 0.3) is 5.76 Å². The van der Waals surface area contributed by atoms with Gasteiger partial charge in [0.2, 0.25) is 0 Å². The predicted molar refractivity (Wildman–Crippen MR) is 61.7 cm³/mol. The topological polar surface area (TPSA) is 63.1 Å². The molecular weight excluding hydrogens is 204 g/mol. The maximum atomic E-state index is 11.9. The summed E-state index contributed by atoms with van der Waals surface area (Å²) in [4.78, 5) is 19.6. The first kappa shape index (κ1) is 12.4. The lowest BCUT2D eigenvalue weighted by molar-refractivity contribution is -0.122. The third-order valence-electron chi connectivity index (χ3n) is 2.20. The lowest BCUT2D eigenvalue weighted by Crippen LogP contribution is -2.21. The van der Waals surface area contributed by atoms with Crippen LogP contribution >= 0.6 is 0 Å². The lowest BCUT2D eigenvalue weighted by Gasteiger charge is -2.17. The standard InChI is InChI=1S/C12H16N2O2/c1-8(11(16)12(2,3)4)10(15)9-5-6-13-7-14-9/h5-7,15H,1-4H3. The van der Waals surface area contributed by atoms with E-state index in [0.29, 0.717) is 11.3 Å². The summed E-state index contributed by atoms with van der Waals surface area (Å²) < 4.78 is 0. The van der Waals surface area contributed by atoms with E-state index >= 15 is 0 Å². The van der Waals surface area contributed by atoms with E-state index in [2.05, 4.69) is 9.97 Å². The van der Waals surface area contributed by atoms with Gasteiger partial charge >= 0.3 is 0 Å². The van der Waals surface area contributed by atoms with Crippen molar-refractivity contribution in [2.45, 2.75) is 27.7 Å². The second-order valence-corrected chi connectivity index (χ2v) is 4.65. The van der Waals surface area contributed by atoms with Gasteiger partial charge in [0.25, 0.3) is 0 Å². The largest absolute Gasteiger partial charge is 0.505 e. The summed E-state index contributed by atoms with van der Waals surface area (Å²) in [5, 5.41) is 9.89. The van der Waals surface area contributed by atoms with Gasteiger partial charge < -0.3 is 5.11 Å². The average molecular weight is 220 g/mol. The van der Waals surface area contributed by atoms with E-state index in [-0.39, 0.29) is 11.5 Å². The molecule has 1 N–H and O–H groups in total. The minimum absolute atomic E-state index is 0.0812. The van der Waals surface area contributed by atoms with E-state index in [0.717, 1.165) is 0 Å². The molecule has 0 aromatic carbocycles. The second-order valence-electron chi connectivity index (χ2n) is 4.65. The highest BCUT2D eigenvalue weighted by atomic mass is 16.3. The quantitative estimate of drug-likeness (QED) is 0.614. The molecule has 0 radical (unpaired) electrons. The molecule has 86 valence electrons. The van der Waals surface area contributed by atoms with Gasteiger partial charge in [0, 0.05) is 17.2 Å². The molecule has 1 rings (SSSR count). The number of ketones is 1. The molecule has 0 aliphatic carbocycles. The van der Waals surface area contributed by atoms with Gasteiger partial charge in [0.15, 0.2) is 5.78 Å². The van der Waals surface area contributed by atoms with Crippen LogP contribution in [0, 0.1) is 5.41 Å². The van der Waals surface area contributed by atoms with Crippen molar-refractivity contribution in [2.24, 2.45) is 5.41 Å². The molecule has 0 fully saturated rings. The fourth-order valence-electron chi connectivity index (χ4n) is 1.29. The Morgan fingerprint density at radius 1 is 1.38 bits per heavy atom. The van der Waals surface area contributed by atoms with E-state index in [1.807, 2.05) is 20.8 Å². The molecule has 4 nitrogen and oxygen atoms in total. The molecule has 0 aliphatic heterocycles. The molecule has 1 aromatic rings. The molecule has 0 amide bonds. The van der Waals surface area contributed by atoms with Crippen LogP contribution in [0.4, 0.5) is 0 Å². The van der Waals surface area contributed by atoms with Crippen LogP contribution < -0.4 is 0 Å². The molecule has 0 unspecified atom stereocenters. The predicted octanol–water partition coefficient (Wildman–Crippen LogP) is 2.38. The molecular formula is C12H16N2O2. The molecule has 0 atom stereocenters. The number of carbonyl (C=O) groups excluding carboxylic acids is 1. The van der Waals surface area contributed by atoms with Crippen molar-refractivity contribution < 1.29 is 9.90 Å². The highest BCUT2D eigenvalue weighted by Crippen LogP contribution is 2.23. The van der Waals surface area contributed by atoms with Crippen LogP contribution in [0.3, 0.4) is 0 Å². The van der Waals surface area contributed by atoms with Crippen molar-refractivity contribution in [3.63, 3.8) is 0 Å². The summed E-state index contributed by atoms with van der Waals surface area (Å²) in [6, 6.07) is 1.56. The minimum Gasteiger partial charge on any atom is -0.505 e. The number of allylic oxidation sites excluding steroid dienone is 1. The first-order chi connectivity index (χ1) is 7.34. The Kier molecular flexibility index (Phi) is 3.42. The second kappa shape index (κ2) is 4.43. The number of hydrogen-bond acceptors (Lipinski definition) is 4. The number of carbonyl (C=O) groups is 1. The summed E-state index contributed by atoms with van der Waals surface area (Å²) in [5.41, 5.74) is 0.182. The molecule has 1 aromatic heterocycles. The van der Waals surface area contributed by atoms with Gasteiger partial charge in [-0.15, -0.1) is 0 Å². The number of rotatable bonds is 2. The van der Waals surface area contributed by atoms with Crippen molar-refractivity contribution in [3.8, 4) is 0 Å². The molecule has 0 saturated carbocycles. The zero-order valence-electron chi connectivity index (χ0n) is 9.98. The minimum atomic E-state index is -0.509. The number of nitrogens with zero attached hydrogens (tertiary/aromatic N) is 2. The van der Waals surface area contributed by atoms with Gasteiger partial charge in [-0.05, 0) is 13.0 Å². The van der Waals surface area contributed by atoms with E-state index < -0.39 is 5.41 Å². The van der Waals surface area contributed by atoms with Crippen molar-refractivity contribution in [1.29, 1.82) is 0 Å². The van der Waals surface area contributed by atoms with Crippen molar-refractivity contribution >= 4 is 11.5 Å². The third-order valence-corrected chi connectivity index (χ3v) is 2.20. The number of aromatic nitrogens is 2. The first-order valence-electron chi connectivity index (χ1n) is 5.05. The van der Waals surface area contributed by atoms with Gasteiger partial charge in [0.1, 0.15) is 17.8 Å². The summed E-state index contributed by atoms with van der Waals surface area (Å²) in [7, 11) is 0. The number of Topliss-reactive ketones (excluding diaryl/α,β-unsaturated/α-hetero) is 1. The maximum Gasteiger partial charge on any atom is 0.167 e. The lowest BCUT2D eigenvalue weighted by atomic mass is 9.86. The first-order valence-corrected chi connectivity index (χ1v) is 5.05. The van der Waals surface area contributed by atoms with Crippen LogP contribution in [-0.2, 0) is 4.79 Å². The Bertz CT molecular complexity index is 416. The molecule has 0 spiro atoms. The van der Waals surface area contributed by atoms with Crippen molar-refractivity contribution in [1.82, 2.24) is 9.97 Å². The molecule has 0 bridgehead atoms. The van der Waals surface area contributed by atoms with E-state index in [4.69, 9.17) is 0 Å². The third kappa shape index (κ3) is 2.66. The van der Waals surface area contributed by atoms with Gasteiger partial charge in [-0.25, -0.2) is 9.97 Å². The van der Waals surface area contributed by atoms with Crippen LogP contribution in [0.15, 0.2) is 24.2 Å². The highest BCUT2D eigenvalue weighted by Gasteiger charge is 2.25. The van der Waals surface area contributed by atoms with E-state index in [1.54, 1.807) is 13.0 Å². The SMILES string of the molecule is CC(C(=O)C(C)(C)C)=C(O)c1ccncn1. The van der Waals surface area contributed by atoms with Crippen molar-refractivity contribution in [3.05, 3.63) is 29.9 Å². The Hall–Kier alpha value is -1.71. The van der Waals surface area contributed by atoms with Gasteiger partial charge in [0.05, 0.1) is 0 Å². The fraction of sp³-hybridized carbons (Fsp3) is 0.417. The normalized spacial score (nSPS) is 13.2. The number of aliphatic hydroxyl groups excluding tert-OH is 1. The van der Waals surface area contributed by atoms with Crippen LogP contribution in [0.2, 0.25) is 0 Å². The maximum absolute atomic E-state index is 11.9. The van der Waals surface area contributed by atoms with E-state index in [9.17, 15) is 9.90 Å². The number of hydrogen-bond donors (Lipinski definition) is 1. The summed E-state index contributed by atoms with van der Waals surface area (Å²) >= 11 is 0. The molecule has 1 heterocycles. The Morgan fingerprint density at radius 2 is 2.00 bits per heavy atom. The summed E-state index contributed by atoms with van der Waals surface area (Å²) in [6.07, 6.45) is 2.85. The van der Waals surface area contributed by atoms with Gasteiger partial charge in [-0.1, -0.05) is 20.8 Å². The van der Waals surface area contributed by atoms with E-state index in [1.165, 1.54) is 12.5 Å². The monoisotopic (exact) mass is 220 g/mol. The van der Waals surface area contributed by atoms with Gasteiger partial charge in [-0.2, -0.15) is 0 Å². The van der Waals surface area contributed by atoms with Crippen LogP contribution in [0.5, 0.6) is 0 Å². The molecule has 4 heteroatoms. The number of aliphatic hydroxyl groups is 1. The molecule has 0 saturated heterocycles. The fourth-order valence-corrected chi connectivity index (χ4v) is 1.29. The Balaban J connectivity index is 3.12.